The van der Waals surface area contributed by atoms with Crippen LogP contribution >= 0.6 is 0 Å². The van der Waals surface area contributed by atoms with E-state index in [2.05, 4.69) is 0 Å². The van der Waals surface area contributed by atoms with Gasteiger partial charge in [-0.05, 0) is 57.1 Å². The number of alkyl halides is 1. The Kier molecular flexibility index (Phi) is 5.31. The van der Waals surface area contributed by atoms with Crippen LogP contribution in [0.4, 0.5) is 4.39 Å². The molecule has 0 saturated heterocycles. The van der Waals surface area contributed by atoms with E-state index in [-0.39, 0.29) is 31.7 Å². The molecule has 32 heavy (non-hydrogen) atoms. The third-order valence-electron chi connectivity index (χ3n) is 8.83. The summed E-state index contributed by atoms with van der Waals surface area (Å²) in [5.41, 5.74) is -6.69. The first-order chi connectivity index (χ1) is 14.9. The Morgan fingerprint density at radius 2 is 1.91 bits per heavy atom. The number of fused-ring (bicyclic) bond motifs is 5. The van der Waals surface area contributed by atoms with Gasteiger partial charge in [0, 0.05) is 16.7 Å². The quantitative estimate of drug-likeness (QED) is 0.439. The van der Waals surface area contributed by atoms with Crippen LogP contribution in [0.2, 0.25) is 0 Å². The zero-order valence-electron chi connectivity index (χ0n) is 18.6. The van der Waals surface area contributed by atoms with E-state index in [1.54, 1.807) is 13.8 Å². The number of ketones is 2. The summed E-state index contributed by atoms with van der Waals surface area (Å²) in [5, 5.41) is 33.5. The molecule has 0 aromatic heterocycles. The van der Waals surface area contributed by atoms with Crippen LogP contribution in [0.15, 0.2) is 23.8 Å². The zero-order chi connectivity index (χ0) is 23.7. The molecule has 8 heteroatoms. The lowest BCUT2D eigenvalue weighted by atomic mass is 9.44. The Balaban J connectivity index is 1.76. The van der Waals surface area contributed by atoms with Crippen LogP contribution in [-0.2, 0) is 19.1 Å². The average Bonchev–Trinajstić information content (AvgIpc) is 2.94. The van der Waals surface area contributed by atoms with E-state index in [4.69, 9.17) is 4.74 Å². The van der Waals surface area contributed by atoms with Gasteiger partial charge in [0.25, 0.3) is 5.78 Å². The second-order valence-electron chi connectivity index (χ2n) is 10.2. The Bertz CT molecular complexity index is 927. The maximum absolute atomic E-state index is 17.0. The molecule has 0 aromatic rings. The van der Waals surface area contributed by atoms with Crippen molar-refractivity contribution < 1.29 is 38.8 Å². The van der Waals surface area contributed by atoms with E-state index >= 15 is 4.39 Å². The van der Waals surface area contributed by atoms with Crippen molar-refractivity contribution in [2.24, 2.45) is 22.7 Å². The van der Waals surface area contributed by atoms with Crippen molar-refractivity contribution in [2.45, 2.75) is 76.4 Å². The lowest BCUT2D eigenvalue weighted by Gasteiger charge is -2.62. The lowest BCUT2D eigenvalue weighted by molar-refractivity contribution is -0.222. The van der Waals surface area contributed by atoms with Gasteiger partial charge in [-0.2, -0.15) is 0 Å². The van der Waals surface area contributed by atoms with E-state index in [0.717, 1.165) is 0 Å². The summed E-state index contributed by atoms with van der Waals surface area (Å²) in [6, 6.07) is 0. The predicted molar refractivity (Wildman–Crippen MR) is 111 cm³/mol. The van der Waals surface area contributed by atoms with Gasteiger partial charge in [-0.15, -0.1) is 0 Å². The first-order valence-electron chi connectivity index (χ1n) is 11.3. The van der Waals surface area contributed by atoms with Crippen LogP contribution in [0, 0.1) is 22.7 Å². The van der Waals surface area contributed by atoms with Crippen molar-refractivity contribution in [1.82, 2.24) is 0 Å². The molecule has 2 unspecified atom stereocenters. The van der Waals surface area contributed by atoms with Gasteiger partial charge in [-0.1, -0.05) is 25.5 Å². The summed E-state index contributed by atoms with van der Waals surface area (Å²) in [7, 11) is 0. The Morgan fingerprint density at radius 3 is 2.56 bits per heavy atom. The summed E-state index contributed by atoms with van der Waals surface area (Å²) in [6.45, 7) is 4.95. The molecule has 0 bridgehead atoms. The Hall–Kier alpha value is -1.90. The fraction of sp³-hybridized carbons (Fsp3) is 0.708. The highest BCUT2D eigenvalue weighted by molar-refractivity contribution is 6.37. The predicted octanol–water partition coefficient (Wildman–Crippen LogP) is 1.58. The molecule has 0 heterocycles. The van der Waals surface area contributed by atoms with Crippen molar-refractivity contribution in [2.75, 3.05) is 6.61 Å². The molecule has 8 atom stereocenters. The van der Waals surface area contributed by atoms with Crippen LogP contribution in [0.5, 0.6) is 0 Å². The van der Waals surface area contributed by atoms with Gasteiger partial charge >= 0.3 is 5.97 Å². The number of Topliss-reactive ketones (excluding diaryl/α,β-unsaturated/α-hetero) is 1. The van der Waals surface area contributed by atoms with Gasteiger partial charge in [0.05, 0.1) is 18.8 Å². The molecule has 0 radical (unpaired) electrons. The number of aliphatic hydroxyl groups is 3. The second-order valence-corrected chi connectivity index (χ2v) is 10.2. The lowest BCUT2D eigenvalue weighted by Crippen LogP contribution is -2.70. The van der Waals surface area contributed by atoms with E-state index in [9.17, 15) is 29.7 Å². The average molecular weight is 451 g/mol. The van der Waals surface area contributed by atoms with E-state index < -0.39 is 57.9 Å². The number of hydrogen-bond donors (Lipinski definition) is 3. The molecular formula is C24H31FO7. The van der Waals surface area contributed by atoms with Crippen LogP contribution in [0.3, 0.4) is 0 Å². The van der Waals surface area contributed by atoms with Gasteiger partial charge < -0.3 is 20.1 Å². The molecule has 0 aliphatic heterocycles. The van der Waals surface area contributed by atoms with E-state index in [0.29, 0.717) is 18.4 Å². The normalized spacial score (nSPS) is 47.2. The van der Waals surface area contributed by atoms with E-state index in [1.165, 1.54) is 25.2 Å². The minimum atomic E-state index is -2.49. The Labute approximate surface area is 186 Å². The van der Waals surface area contributed by atoms with Gasteiger partial charge in [-0.25, -0.2) is 9.18 Å². The highest BCUT2D eigenvalue weighted by Crippen LogP contribution is 2.69. The molecule has 0 aromatic carbocycles. The molecule has 4 aliphatic rings. The van der Waals surface area contributed by atoms with Crippen molar-refractivity contribution >= 4 is 17.5 Å². The van der Waals surface area contributed by atoms with Crippen molar-refractivity contribution in [1.29, 1.82) is 0 Å². The van der Waals surface area contributed by atoms with Crippen molar-refractivity contribution in [3.8, 4) is 0 Å². The molecule has 3 saturated carbocycles. The summed E-state index contributed by atoms with van der Waals surface area (Å²) in [5.74, 6) is -4.18. The molecule has 3 fully saturated rings. The molecule has 7 nitrogen and oxygen atoms in total. The highest BCUT2D eigenvalue weighted by Gasteiger charge is 2.77. The first-order valence-corrected chi connectivity index (χ1v) is 11.3. The fourth-order valence-corrected chi connectivity index (χ4v) is 7.05. The fourth-order valence-electron chi connectivity index (χ4n) is 7.05. The third kappa shape index (κ3) is 2.66. The molecule has 0 spiro atoms. The number of ether oxygens (including phenoxy) is 1. The number of rotatable bonds is 4. The topological polar surface area (TPSA) is 121 Å². The number of halogens is 1. The SMILES string of the molecule is CCCOC(=O)C(=O)[C@@]1(O)C(O)C[C@H]2[C@@H]3CCC4=CC(=O)C=C[C@]4(C)[C@@]3(F)C(O)C[C@@]21C. The standard InChI is InChI=1S/C24H31FO7/c1-4-9-32-20(30)19(29)24(31)17(27)11-16-15-6-5-13-10-14(26)7-8-21(13,2)23(15,25)18(28)12-22(16,24)3/h7-8,10,15-18,27-28,31H,4-6,9,11-12H2,1-3H3/t15-,16-,17?,18?,21-,22-,23-,24-/m0/s1. The van der Waals surface area contributed by atoms with Crippen LogP contribution in [0.25, 0.3) is 0 Å². The van der Waals surface area contributed by atoms with Crippen LogP contribution < -0.4 is 0 Å². The summed E-state index contributed by atoms with van der Waals surface area (Å²) < 4.78 is 21.9. The minimum absolute atomic E-state index is 0.00570. The van der Waals surface area contributed by atoms with Gasteiger partial charge in [0.15, 0.2) is 17.1 Å². The molecule has 4 aliphatic carbocycles. The number of carbonyl (C=O) groups is 3. The summed E-state index contributed by atoms with van der Waals surface area (Å²) >= 11 is 0. The number of allylic oxidation sites excluding steroid dienone is 4. The molecule has 4 rings (SSSR count). The first kappa shape index (κ1) is 23.3. The second kappa shape index (κ2) is 7.30. The number of hydrogen-bond acceptors (Lipinski definition) is 7. The van der Waals surface area contributed by atoms with E-state index in [1.807, 2.05) is 0 Å². The third-order valence-corrected chi connectivity index (χ3v) is 8.83. The highest BCUT2D eigenvalue weighted by atomic mass is 19.1. The van der Waals surface area contributed by atoms with Crippen LogP contribution in [0.1, 0.15) is 52.9 Å². The molecule has 0 amide bonds. The summed E-state index contributed by atoms with van der Waals surface area (Å²) in [4.78, 5) is 37.2. The summed E-state index contributed by atoms with van der Waals surface area (Å²) in [6.07, 6.45) is 1.83. The molecule has 3 N–H and O–H groups in total. The maximum atomic E-state index is 17.0. The monoisotopic (exact) mass is 450 g/mol. The number of aliphatic hydroxyl groups excluding tert-OH is 2. The van der Waals surface area contributed by atoms with Gasteiger partial charge in [-0.3, -0.25) is 9.59 Å². The molecule has 176 valence electrons. The number of esters is 1. The number of carbonyl (C=O) groups excluding carboxylic acids is 3. The minimum Gasteiger partial charge on any atom is -0.460 e. The Morgan fingerprint density at radius 1 is 1.22 bits per heavy atom. The largest absolute Gasteiger partial charge is 0.460 e. The van der Waals surface area contributed by atoms with Crippen molar-refractivity contribution in [3.05, 3.63) is 23.8 Å². The van der Waals surface area contributed by atoms with Gasteiger partial charge in [0.1, 0.15) is 0 Å². The molecular weight excluding hydrogens is 419 g/mol. The maximum Gasteiger partial charge on any atom is 0.377 e. The smallest absolute Gasteiger partial charge is 0.377 e. The van der Waals surface area contributed by atoms with Crippen LogP contribution in [-0.4, -0.2) is 62.9 Å². The van der Waals surface area contributed by atoms with Gasteiger partial charge in [0.2, 0.25) is 0 Å². The zero-order valence-corrected chi connectivity index (χ0v) is 18.6. The van der Waals surface area contributed by atoms with Crippen molar-refractivity contribution in [3.63, 3.8) is 0 Å².